The molecule has 3 rings (SSSR count). The minimum atomic E-state index is 1.31. The van der Waals surface area contributed by atoms with E-state index in [1.807, 2.05) is 0 Å². The molecule has 0 aliphatic heterocycles. The van der Waals surface area contributed by atoms with Crippen LogP contribution in [0.3, 0.4) is 0 Å². The minimum Gasteiger partial charge on any atom is -0.0616 e. The Morgan fingerprint density at radius 2 is 1.42 bits per heavy atom. The number of hydrogen-bond donors (Lipinski definition) is 0. The van der Waals surface area contributed by atoms with E-state index in [4.69, 9.17) is 0 Å². The summed E-state index contributed by atoms with van der Waals surface area (Å²) in [7, 11) is 0. The molecule has 1 heteroatoms. The molecule has 94 valence electrons. The maximum atomic E-state index is 2.44. The van der Waals surface area contributed by atoms with E-state index in [1.54, 1.807) is 0 Å². The Kier molecular flexibility index (Phi) is 3.31. The van der Waals surface area contributed by atoms with E-state index in [9.17, 15) is 0 Å². The van der Waals surface area contributed by atoms with E-state index in [2.05, 4.69) is 91.0 Å². The zero-order chi connectivity index (χ0) is 13.4. The average molecular weight is 358 g/mol. The zero-order valence-corrected chi connectivity index (χ0v) is 13.2. The van der Waals surface area contributed by atoms with Crippen LogP contribution in [0.25, 0.3) is 21.9 Å². The smallest absolute Gasteiger partial charge is 0.0211 e. The van der Waals surface area contributed by atoms with E-state index >= 15 is 0 Å². The van der Waals surface area contributed by atoms with Gasteiger partial charge in [0.25, 0.3) is 0 Å². The lowest BCUT2D eigenvalue weighted by Crippen LogP contribution is -1.92. The summed E-state index contributed by atoms with van der Waals surface area (Å²) in [4.78, 5) is 0. The van der Waals surface area contributed by atoms with Gasteiger partial charge in [0.15, 0.2) is 0 Å². The Bertz CT molecular complexity index is 736. The fraction of sp³-hybridized carbons (Fsp3) is 0.111. The van der Waals surface area contributed by atoms with Gasteiger partial charge in [-0.15, -0.1) is 0 Å². The Morgan fingerprint density at radius 1 is 0.684 bits per heavy atom. The van der Waals surface area contributed by atoms with Crippen LogP contribution in [-0.2, 0) is 0 Å². The molecule has 0 aromatic heterocycles. The van der Waals surface area contributed by atoms with Gasteiger partial charge in [-0.05, 0) is 75.5 Å². The van der Waals surface area contributed by atoms with Gasteiger partial charge in [-0.2, -0.15) is 0 Å². The molecule has 0 fully saturated rings. The maximum absolute atomic E-state index is 2.44. The molecule has 3 aromatic rings. The summed E-state index contributed by atoms with van der Waals surface area (Å²) in [6.07, 6.45) is 0. The van der Waals surface area contributed by atoms with Crippen LogP contribution in [0.4, 0.5) is 0 Å². The molecule has 0 atom stereocenters. The van der Waals surface area contributed by atoms with Crippen molar-refractivity contribution in [1.82, 2.24) is 0 Å². The lowest BCUT2D eigenvalue weighted by atomic mass is 9.91. The van der Waals surface area contributed by atoms with Crippen LogP contribution in [0.2, 0.25) is 0 Å². The molecule has 0 saturated carbocycles. The minimum absolute atomic E-state index is 1.31. The van der Waals surface area contributed by atoms with Crippen LogP contribution in [0, 0.1) is 17.4 Å². The molecule has 0 amide bonds. The fourth-order valence-corrected chi connectivity index (χ4v) is 3.56. The Morgan fingerprint density at radius 3 is 2.21 bits per heavy atom. The van der Waals surface area contributed by atoms with Gasteiger partial charge in [0.1, 0.15) is 0 Å². The second kappa shape index (κ2) is 4.97. The lowest BCUT2D eigenvalue weighted by molar-refractivity contribution is 1.41. The number of fused-ring (bicyclic) bond motifs is 1. The standard InChI is InChI=1S/C18H15I/c1-12-6-5-9-16(19)18(12)17-13(2)10-11-14-7-3-4-8-15(14)17/h3-11H,1-2H3. The molecule has 0 spiro atoms. The molecule has 19 heavy (non-hydrogen) atoms. The quantitative estimate of drug-likeness (QED) is 0.488. The second-order valence-electron chi connectivity index (χ2n) is 4.91. The summed E-state index contributed by atoms with van der Waals surface area (Å²) < 4.78 is 1.32. The Labute approximate surface area is 127 Å². The van der Waals surface area contributed by atoms with Crippen molar-refractivity contribution in [3.63, 3.8) is 0 Å². The molecule has 0 saturated heterocycles. The molecule has 0 heterocycles. The van der Waals surface area contributed by atoms with Crippen LogP contribution in [0.5, 0.6) is 0 Å². The molecular formula is C18H15I. The summed E-state index contributed by atoms with van der Waals surface area (Å²) in [5.74, 6) is 0. The summed E-state index contributed by atoms with van der Waals surface area (Å²) in [5, 5.41) is 2.65. The van der Waals surface area contributed by atoms with Crippen molar-refractivity contribution in [3.05, 3.63) is 69.3 Å². The molecule has 0 aliphatic rings. The zero-order valence-electron chi connectivity index (χ0n) is 11.1. The van der Waals surface area contributed by atoms with Crippen molar-refractivity contribution in [3.8, 4) is 11.1 Å². The number of aryl methyl sites for hydroxylation is 2. The highest BCUT2D eigenvalue weighted by Crippen LogP contribution is 2.36. The van der Waals surface area contributed by atoms with Gasteiger partial charge in [0.05, 0.1) is 0 Å². The van der Waals surface area contributed by atoms with Crippen molar-refractivity contribution in [1.29, 1.82) is 0 Å². The topological polar surface area (TPSA) is 0 Å². The average Bonchev–Trinajstić information content (AvgIpc) is 2.41. The predicted molar refractivity (Wildman–Crippen MR) is 91.6 cm³/mol. The largest absolute Gasteiger partial charge is 0.0616 e. The molecule has 0 N–H and O–H groups in total. The van der Waals surface area contributed by atoms with Crippen molar-refractivity contribution < 1.29 is 0 Å². The SMILES string of the molecule is Cc1cccc(I)c1-c1c(C)ccc2ccccc12. The van der Waals surface area contributed by atoms with Crippen LogP contribution < -0.4 is 0 Å². The first-order chi connectivity index (χ1) is 9.18. The van der Waals surface area contributed by atoms with E-state index in [0.29, 0.717) is 0 Å². The molecule has 0 bridgehead atoms. The molecule has 0 unspecified atom stereocenters. The first-order valence-corrected chi connectivity index (χ1v) is 7.50. The molecule has 3 aromatic carbocycles. The molecule has 0 radical (unpaired) electrons. The highest BCUT2D eigenvalue weighted by molar-refractivity contribution is 14.1. The maximum Gasteiger partial charge on any atom is 0.0211 e. The number of rotatable bonds is 1. The van der Waals surface area contributed by atoms with Crippen molar-refractivity contribution in [2.24, 2.45) is 0 Å². The molecular weight excluding hydrogens is 343 g/mol. The number of halogens is 1. The Hall–Kier alpha value is -1.35. The monoisotopic (exact) mass is 358 g/mol. The molecule has 0 nitrogen and oxygen atoms in total. The second-order valence-corrected chi connectivity index (χ2v) is 6.07. The van der Waals surface area contributed by atoms with Gasteiger partial charge in [-0.3, -0.25) is 0 Å². The van der Waals surface area contributed by atoms with E-state index in [0.717, 1.165) is 0 Å². The van der Waals surface area contributed by atoms with Crippen molar-refractivity contribution in [2.45, 2.75) is 13.8 Å². The fourth-order valence-electron chi connectivity index (χ4n) is 2.66. The van der Waals surface area contributed by atoms with Gasteiger partial charge in [0.2, 0.25) is 0 Å². The van der Waals surface area contributed by atoms with Gasteiger partial charge in [-0.1, -0.05) is 48.5 Å². The van der Waals surface area contributed by atoms with Gasteiger partial charge in [0, 0.05) is 3.57 Å². The number of benzene rings is 3. The van der Waals surface area contributed by atoms with Crippen LogP contribution in [-0.4, -0.2) is 0 Å². The Balaban J connectivity index is 2.46. The highest BCUT2D eigenvalue weighted by Gasteiger charge is 2.12. The van der Waals surface area contributed by atoms with Crippen LogP contribution in [0.15, 0.2) is 54.6 Å². The van der Waals surface area contributed by atoms with E-state index in [-0.39, 0.29) is 0 Å². The summed E-state index contributed by atoms with van der Waals surface area (Å²) in [6.45, 7) is 4.39. The summed E-state index contributed by atoms with van der Waals surface area (Å²) >= 11 is 2.44. The van der Waals surface area contributed by atoms with Crippen LogP contribution in [0.1, 0.15) is 11.1 Å². The number of hydrogen-bond acceptors (Lipinski definition) is 0. The summed E-state index contributed by atoms with van der Waals surface area (Å²) in [5.41, 5.74) is 5.43. The van der Waals surface area contributed by atoms with Crippen molar-refractivity contribution in [2.75, 3.05) is 0 Å². The first kappa shape index (κ1) is 12.7. The third kappa shape index (κ3) is 2.16. The third-order valence-corrected chi connectivity index (χ3v) is 4.51. The predicted octanol–water partition coefficient (Wildman–Crippen LogP) is 5.73. The van der Waals surface area contributed by atoms with Gasteiger partial charge >= 0.3 is 0 Å². The van der Waals surface area contributed by atoms with Crippen molar-refractivity contribution >= 4 is 33.4 Å². The van der Waals surface area contributed by atoms with E-state index in [1.165, 1.54) is 36.6 Å². The normalized spacial score (nSPS) is 10.9. The first-order valence-electron chi connectivity index (χ1n) is 6.42. The van der Waals surface area contributed by atoms with Crippen LogP contribution >= 0.6 is 22.6 Å². The van der Waals surface area contributed by atoms with Gasteiger partial charge < -0.3 is 0 Å². The molecule has 0 aliphatic carbocycles. The summed E-state index contributed by atoms with van der Waals surface area (Å²) in [6, 6.07) is 19.6. The van der Waals surface area contributed by atoms with Gasteiger partial charge in [-0.25, -0.2) is 0 Å². The van der Waals surface area contributed by atoms with E-state index < -0.39 is 0 Å². The third-order valence-electron chi connectivity index (χ3n) is 3.61. The lowest BCUT2D eigenvalue weighted by Gasteiger charge is -2.15. The highest BCUT2D eigenvalue weighted by atomic mass is 127.